The molecule has 1 atom stereocenters. The minimum atomic E-state index is -0.576. The third-order valence-electron chi connectivity index (χ3n) is 2.89. The maximum absolute atomic E-state index is 13.2. The molecule has 0 N–H and O–H groups in total. The van der Waals surface area contributed by atoms with E-state index in [0.29, 0.717) is 13.1 Å². The van der Waals surface area contributed by atoms with Crippen LogP contribution in [0.2, 0.25) is 5.15 Å². The first-order valence-electron chi connectivity index (χ1n) is 6.06. The number of nitrogens with zero attached hydrogens (tertiary/aromatic N) is 2. The van der Waals surface area contributed by atoms with Crippen LogP contribution in [0.1, 0.15) is 31.1 Å². The molecule has 1 saturated heterocycles. The monoisotopic (exact) mass is 286 g/mol. The third kappa shape index (κ3) is 3.22. The summed E-state index contributed by atoms with van der Waals surface area (Å²) in [5.41, 5.74) is -0.341. The second kappa shape index (κ2) is 5.06. The van der Waals surface area contributed by atoms with E-state index in [0.717, 1.165) is 12.3 Å². The molecule has 1 aliphatic rings. The predicted molar refractivity (Wildman–Crippen MR) is 69.7 cm³/mol. The van der Waals surface area contributed by atoms with Crippen LogP contribution in [-0.2, 0) is 4.74 Å². The largest absolute Gasteiger partial charge is 0.369 e. The van der Waals surface area contributed by atoms with Crippen molar-refractivity contribution in [2.24, 2.45) is 0 Å². The van der Waals surface area contributed by atoms with Crippen molar-refractivity contribution in [1.82, 2.24) is 9.88 Å². The number of pyridine rings is 1. The van der Waals surface area contributed by atoms with Crippen molar-refractivity contribution < 1.29 is 13.9 Å². The summed E-state index contributed by atoms with van der Waals surface area (Å²) >= 11 is 5.86. The highest BCUT2D eigenvalue weighted by Gasteiger charge is 2.34. The number of morpholine rings is 1. The molecule has 0 aliphatic carbocycles. The fraction of sp³-hybridized carbons (Fsp3) is 0.538. The molecule has 19 heavy (non-hydrogen) atoms. The zero-order valence-electron chi connectivity index (χ0n) is 11.1. The van der Waals surface area contributed by atoms with Gasteiger partial charge >= 0.3 is 0 Å². The van der Waals surface area contributed by atoms with E-state index < -0.39 is 11.4 Å². The van der Waals surface area contributed by atoms with Gasteiger partial charge in [0.15, 0.2) is 0 Å². The van der Waals surface area contributed by atoms with Crippen LogP contribution < -0.4 is 0 Å². The number of ether oxygens (including phenoxy) is 1. The van der Waals surface area contributed by atoms with E-state index >= 15 is 0 Å². The number of halogens is 2. The topological polar surface area (TPSA) is 42.4 Å². The number of amides is 1. The average Bonchev–Trinajstić information content (AvgIpc) is 2.29. The lowest BCUT2D eigenvalue weighted by atomic mass is 10.0. The van der Waals surface area contributed by atoms with Crippen LogP contribution in [0, 0.1) is 5.82 Å². The molecule has 0 radical (unpaired) electrons. The van der Waals surface area contributed by atoms with Crippen LogP contribution in [0.15, 0.2) is 12.3 Å². The highest BCUT2D eigenvalue weighted by molar-refractivity contribution is 6.32. The summed E-state index contributed by atoms with van der Waals surface area (Å²) in [6, 6.07) is 1.12. The van der Waals surface area contributed by atoms with E-state index in [9.17, 15) is 9.18 Å². The Kier molecular flexibility index (Phi) is 3.78. The van der Waals surface area contributed by atoms with Gasteiger partial charge in [-0.2, -0.15) is 0 Å². The third-order valence-corrected chi connectivity index (χ3v) is 3.19. The average molecular weight is 287 g/mol. The molecule has 1 aromatic heterocycles. The number of hydrogen-bond donors (Lipinski definition) is 0. The summed E-state index contributed by atoms with van der Waals surface area (Å²) in [5, 5.41) is 0.0170. The molecule has 4 nitrogen and oxygen atoms in total. The van der Waals surface area contributed by atoms with E-state index in [-0.39, 0.29) is 22.7 Å². The summed E-state index contributed by atoms with van der Waals surface area (Å²) in [6.45, 7) is 6.60. The van der Waals surface area contributed by atoms with Crippen LogP contribution in [0.3, 0.4) is 0 Å². The Balaban J connectivity index is 2.26. The van der Waals surface area contributed by atoms with E-state index in [4.69, 9.17) is 16.3 Å². The summed E-state index contributed by atoms with van der Waals surface area (Å²) in [7, 11) is 0. The molecule has 2 heterocycles. The van der Waals surface area contributed by atoms with Gasteiger partial charge in [0.25, 0.3) is 5.91 Å². The maximum atomic E-state index is 13.2. The number of carbonyl (C=O) groups is 1. The Labute approximate surface area is 116 Å². The quantitative estimate of drug-likeness (QED) is 0.745. The first-order valence-corrected chi connectivity index (χ1v) is 6.44. The van der Waals surface area contributed by atoms with E-state index in [1.54, 1.807) is 4.90 Å². The van der Waals surface area contributed by atoms with Gasteiger partial charge in [0, 0.05) is 13.1 Å². The number of hydrogen-bond acceptors (Lipinski definition) is 3. The van der Waals surface area contributed by atoms with Crippen molar-refractivity contribution in [3.8, 4) is 0 Å². The van der Waals surface area contributed by atoms with Crippen molar-refractivity contribution in [2.75, 3.05) is 13.1 Å². The van der Waals surface area contributed by atoms with E-state index in [1.165, 1.54) is 0 Å². The first kappa shape index (κ1) is 14.2. The lowest BCUT2D eigenvalue weighted by Gasteiger charge is -2.41. The van der Waals surface area contributed by atoms with Crippen LogP contribution in [0.5, 0.6) is 0 Å². The lowest BCUT2D eigenvalue weighted by Crippen LogP contribution is -2.53. The SMILES string of the molecule is CC1CN(C(=O)c2cc(F)cnc2Cl)CC(C)(C)O1. The van der Waals surface area contributed by atoms with Crippen molar-refractivity contribution >= 4 is 17.5 Å². The van der Waals surface area contributed by atoms with Gasteiger partial charge in [0.2, 0.25) is 0 Å². The number of rotatable bonds is 1. The zero-order valence-corrected chi connectivity index (χ0v) is 11.9. The Morgan fingerprint density at radius 1 is 1.63 bits per heavy atom. The fourth-order valence-corrected chi connectivity index (χ4v) is 2.54. The maximum Gasteiger partial charge on any atom is 0.257 e. The smallest absolute Gasteiger partial charge is 0.257 e. The fourth-order valence-electron chi connectivity index (χ4n) is 2.35. The molecule has 1 aromatic rings. The standard InChI is InChI=1S/C13H16ClFN2O2/c1-8-6-17(7-13(2,3)19-8)12(18)10-4-9(15)5-16-11(10)14/h4-5,8H,6-7H2,1-3H3. The molecule has 6 heteroatoms. The molecule has 1 unspecified atom stereocenters. The Hall–Kier alpha value is -1.20. The second-order valence-corrected chi connectivity index (χ2v) is 5.72. The van der Waals surface area contributed by atoms with Crippen molar-refractivity contribution in [3.63, 3.8) is 0 Å². The molecular weight excluding hydrogens is 271 g/mol. The molecule has 0 bridgehead atoms. The Morgan fingerprint density at radius 3 is 2.95 bits per heavy atom. The Morgan fingerprint density at radius 2 is 2.32 bits per heavy atom. The van der Waals surface area contributed by atoms with Gasteiger partial charge in [-0.1, -0.05) is 11.6 Å². The van der Waals surface area contributed by atoms with Gasteiger partial charge in [-0.05, 0) is 26.8 Å². The predicted octanol–water partition coefficient (Wildman–Crippen LogP) is 2.51. The van der Waals surface area contributed by atoms with Gasteiger partial charge in [0.05, 0.1) is 23.5 Å². The lowest BCUT2D eigenvalue weighted by molar-refractivity contribution is -0.118. The van der Waals surface area contributed by atoms with Gasteiger partial charge in [-0.3, -0.25) is 4.79 Å². The van der Waals surface area contributed by atoms with Crippen LogP contribution in [0.25, 0.3) is 0 Å². The molecule has 1 fully saturated rings. The first-order chi connectivity index (χ1) is 8.78. The minimum Gasteiger partial charge on any atom is -0.369 e. The molecule has 0 saturated carbocycles. The van der Waals surface area contributed by atoms with E-state index in [1.807, 2.05) is 20.8 Å². The summed E-state index contributed by atoms with van der Waals surface area (Å²) in [6.07, 6.45) is 0.915. The van der Waals surface area contributed by atoms with Crippen molar-refractivity contribution in [3.05, 3.63) is 28.8 Å². The summed E-state index contributed by atoms with van der Waals surface area (Å²) < 4.78 is 18.9. The number of carbonyl (C=O) groups excluding carboxylic acids is 1. The van der Waals surface area contributed by atoms with Crippen molar-refractivity contribution in [2.45, 2.75) is 32.5 Å². The molecule has 1 aliphatic heterocycles. The Bertz CT molecular complexity index is 507. The normalized spacial score (nSPS) is 22.4. The molecule has 2 rings (SSSR count). The van der Waals surface area contributed by atoms with E-state index in [2.05, 4.69) is 4.98 Å². The zero-order chi connectivity index (χ0) is 14.2. The van der Waals surface area contributed by atoms with Crippen LogP contribution in [0.4, 0.5) is 4.39 Å². The van der Waals surface area contributed by atoms with Crippen LogP contribution in [-0.4, -0.2) is 40.6 Å². The van der Waals surface area contributed by atoms with Gasteiger partial charge in [0.1, 0.15) is 11.0 Å². The molecular formula is C13H16ClFN2O2. The van der Waals surface area contributed by atoms with Crippen molar-refractivity contribution in [1.29, 1.82) is 0 Å². The number of aromatic nitrogens is 1. The molecule has 0 spiro atoms. The highest BCUT2D eigenvalue weighted by Crippen LogP contribution is 2.24. The van der Waals surface area contributed by atoms with Gasteiger partial charge < -0.3 is 9.64 Å². The highest BCUT2D eigenvalue weighted by atomic mass is 35.5. The van der Waals surface area contributed by atoms with Crippen LogP contribution >= 0.6 is 11.6 Å². The second-order valence-electron chi connectivity index (χ2n) is 5.37. The van der Waals surface area contributed by atoms with Gasteiger partial charge in [-0.15, -0.1) is 0 Å². The minimum absolute atomic E-state index is 0.0170. The molecule has 1 amide bonds. The van der Waals surface area contributed by atoms with Gasteiger partial charge in [-0.25, -0.2) is 9.37 Å². The molecule has 0 aromatic carbocycles. The summed E-state index contributed by atoms with van der Waals surface area (Å²) in [5.74, 6) is -0.895. The summed E-state index contributed by atoms with van der Waals surface area (Å²) in [4.78, 5) is 17.7. The molecule has 104 valence electrons.